The van der Waals surface area contributed by atoms with Gasteiger partial charge in [-0.25, -0.2) is 4.39 Å². The molecule has 0 atom stereocenters. The first-order valence-corrected chi connectivity index (χ1v) is 7.42. The lowest BCUT2D eigenvalue weighted by molar-refractivity contribution is -0.384. The van der Waals surface area contributed by atoms with E-state index in [1.807, 2.05) is 18.0 Å². The number of anilines is 1. The maximum atomic E-state index is 13.2. The van der Waals surface area contributed by atoms with Crippen LogP contribution in [-0.2, 0) is 11.9 Å². The van der Waals surface area contributed by atoms with Crippen LogP contribution in [0.25, 0.3) is 0 Å². The Bertz CT molecular complexity index is 664. The van der Waals surface area contributed by atoms with E-state index in [4.69, 9.17) is 0 Å². The van der Waals surface area contributed by atoms with Crippen molar-refractivity contribution in [3.8, 4) is 0 Å². The van der Waals surface area contributed by atoms with Crippen LogP contribution < -0.4 is 4.90 Å². The molecule has 0 saturated carbocycles. The maximum Gasteiger partial charge on any atom is 0.269 e. The first-order chi connectivity index (χ1) is 10.0. The fourth-order valence-electron chi connectivity index (χ4n) is 2.16. The van der Waals surface area contributed by atoms with Gasteiger partial charge in [-0.1, -0.05) is 28.1 Å². The molecule has 0 saturated heterocycles. The largest absolute Gasteiger partial charge is 0.370 e. The highest BCUT2D eigenvalue weighted by atomic mass is 79.9. The fraction of sp³-hybridized carbons (Fsp3) is 0.200. The van der Waals surface area contributed by atoms with Crippen molar-refractivity contribution >= 4 is 27.3 Å². The lowest BCUT2D eigenvalue weighted by Gasteiger charge is -2.22. The van der Waals surface area contributed by atoms with Crippen molar-refractivity contribution in [2.75, 3.05) is 11.9 Å². The Hall–Kier alpha value is -1.95. The van der Waals surface area contributed by atoms with Crippen molar-refractivity contribution in [2.45, 2.75) is 11.9 Å². The van der Waals surface area contributed by atoms with Crippen LogP contribution >= 0.6 is 15.9 Å². The van der Waals surface area contributed by atoms with Crippen LogP contribution in [0.15, 0.2) is 42.5 Å². The average Bonchev–Trinajstić information content (AvgIpc) is 2.46. The number of nitro groups is 1. The predicted molar refractivity (Wildman–Crippen MR) is 84.2 cm³/mol. The first-order valence-electron chi connectivity index (χ1n) is 6.30. The molecule has 0 aromatic heterocycles. The minimum atomic E-state index is -0.414. The quantitative estimate of drug-likeness (QED) is 0.458. The van der Waals surface area contributed by atoms with Crippen molar-refractivity contribution < 1.29 is 9.31 Å². The maximum absolute atomic E-state index is 13.2. The number of benzene rings is 2. The van der Waals surface area contributed by atoms with Gasteiger partial charge >= 0.3 is 0 Å². The number of halogens is 2. The van der Waals surface area contributed by atoms with Crippen LogP contribution in [0.4, 0.5) is 15.8 Å². The number of hydrogen-bond acceptors (Lipinski definition) is 3. The summed E-state index contributed by atoms with van der Waals surface area (Å²) in [6.45, 7) is 0.523. The van der Waals surface area contributed by atoms with E-state index in [0.29, 0.717) is 11.9 Å². The molecule has 2 rings (SSSR count). The smallest absolute Gasteiger partial charge is 0.269 e. The highest BCUT2D eigenvalue weighted by Gasteiger charge is 2.13. The molecule has 0 spiro atoms. The molecule has 0 radical (unpaired) electrons. The van der Waals surface area contributed by atoms with Crippen LogP contribution in [0.2, 0.25) is 0 Å². The fourth-order valence-corrected chi connectivity index (χ4v) is 2.61. The molecule has 2 aromatic carbocycles. The molecule has 110 valence electrons. The number of nitrogens with zero attached hydrogens (tertiary/aromatic N) is 2. The average molecular weight is 353 g/mol. The Balaban J connectivity index is 2.26. The summed E-state index contributed by atoms with van der Waals surface area (Å²) in [7, 11) is 1.87. The van der Waals surface area contributed by atoms with Crippen LogP contribution in [0, 0.1) is 15.9 Å². The monoisotopic (exact) mass is 352 g/mol. The lowest BCUT2D eigenvalue weighted by Crippen LogP contribution is -2.18. The van der Waals surface area contributed by atoms with Gasteiger partial charge < -0.3 is 4.90 Å². The zero-order valence-electron chi connectivity index (χ0n) is 11.4. The van der Waals surface area contributed by atoms with Crippen LogP contribution in [0.1, 0.15) is 11.1 Å². The normalized spacial score (nSPS) is 10.4. The summed E-state index contributed by atoms with van der Waals surface area (Å²) >= 11 is 3.35. The van der Waals surface area contributed by atoms with Crippen molar-refractivity contribution in [1.29, 1.82) is 0 Å². The van der Waals surface area contributed by atoms with Crippen molar-refractivity contribution in [3.05, 3.63) is 69.5 Å². The molecule has 0 unspecified atom stereocenters. The number of nitro benzene ring substituents is 1. The standard InChI is InChI=1S/C15H14BrFN2O2/c1-18(10-11-3-2-4-13(17)7-11)15-6-5-14(19(20)21)8-12(15)9-16/h2-8H,9-10H2,1H3. The summed E-state index contributed by atoms with van der Waals surface area (Å²) < 4.78 is 13.2. The third-order valence-corrected chi connectivity index (χ3v) is 3.74. The second kappa shape index (κ2) is 6.67. The summed E-state index contributed by atoms with van der Waals surface area (Å²) in [5.74, 6) is -0.273. The van der Waals surface area contributed by atoms with E-state index in [1.54, 1.807) is 18.2 Å². The Morgan fingerprint density at radius 2 is 2.05 bits per heavy atom. The topological polar surface area (TPSA) is 46.4 Å². The van der Waals surface area contributed by atoms with E-state index in [0.717, 1.165) is 16.8 Å². The number of non-ortho nitro benzene ring substituents is 1. The second-order valence-electron chi connectivity index (χ2n) is 4.69. The summed E-state index contributed by atoms with van der Waals surface area (Å²) in [5, 5.41) is 11.3. The summed E-state index contributed by atoms with van der Waals surface area (Å²) in [6, 6.07) is 11.1. The molecular weight excluding hydrogens is 339 g/mol. The minimum absolute atomic E-state index is 0.0624. The first kappa shape index (κ1) is 15.4. The molecule has 4 nitrogen and oxygen atoms in total. The SMILES string of the molecule is CN(Cc1cccc(F)c1)c1ccc([N+](=O)[O-])cc1CBr. The van der Waals surface area contributed by atoms with E-state index in [1.165, 1.54) is 18.2 Å². The van der Waals surface area contributed by atoms with Gasteiger partial charge in [0.15, 0.2) is 0 Å². The lowest BCUT2D eigenvalue weighted by atomic mass is 10.1. The highest BCUT2D eigenvalue weighted by Crippen LogP contribution is 2.27. The Kier molecular flexibility index (Phi) is 4.90. The molecule has 0 aliphatic heterocycles. The van der Waals surface area contributed by atoms with Gasteiger partial charge in [0.05, 0.1) is 4.92 Å². The Morgan fingerprint density at radius 3 is 2.67 bits per heavy atom. The molecule has 2 aromatic rings. The van der Waals surface area contributed by atoms with Crippen LogP contribution in [0.3, 0.4) is 0 Å². The summed E-state index contributed by atoms with van der Waals surface area (Å²) in [4.78, 5) is 12.3. The third-order valence-electron chi connectivity index (χ3n) is 3.14. The third kappa shape index (κ3) is 3.78. The number of hydrogen-bond donors (Lipinski definition) is 0. The summed E-state index contributed by atoms with van der Waals surface area (Å²) in [5.41, 5.74) is 2.61. The molecule has 0 N–H and O–H groups in total. The number of alkyl halides is 1. The molecule has 6 heteroatoms. The van der Waals surface area contributed by atoms with Gasteiger partial charge in [-0.05, 0) is 29.3 Å². The molecule has 0 amide bonds. The molecule has 0 aliphatic rings. The van der Waals surface area contributed by atoms with Gasteiger partial charge in [0.25, 0.3) is 5.69 Å². The predicted octanol–water partition coefficient (Wildman–Crippen LogP) is 4.27. The molecule has 21 heavy (non-hydrogen) atoms. The molecule has 0 heterocycles. The summed E-state index contributed by atoms with van der Waals surface area (Å²) in [6.07, 6.45) is 0. The number of rotatable bonds is 5. The van der Waals surface area contributed by atoms with E-state index in [9.17, 15) is 14.5 Å². The van der Waals surface area contributed by atoms with E-state index < -0.39 is 4.92 Å². The van der Waals surface area contributed by atoms with E-state index in [-0.39, 0.29) is 11.5 Å². The van der Waals surface area contributed by atoms with Crippen molar-refractivity contribution in [2.24, 2.45) is 0 Å². The van der Waals surface area contributed by atoms with Gasteiger partial charge in [-0.3, -0.25) is 10.1 Å². The molecular formula is C15H14BrFN2O2. The van der Waals surface area contributed by atoms with Gasteiger partial charge in [-0.15, -0.1) is 0 Å². The van der Waals surface area contributed by atoms with E-state index in [2.05, 4.69) is 15.9 Å². The highest BCUT2D eigenvalue weighted by molar-refractivity contribution is 9.08. The molecule has 0 bridgehead atoms. The Labute approximate surface area is 130 Å². The zero-order valence-corrected chi connectivity index (χ0v) is 13.0. The molecule has 0 fully saturated rings. The van der Waals surface area contributed by atoms with Crippen molar-refractivity contribution in [1.82, 2.24) is 0 Å². The van der Waals surface area contributed by atoms with Gasteiger partial charge in [0, 0.05) is 36.7 Å². The zero-order chi connectivity index (χ0) is 15.4. The van der Waals surface area contributed by atoms with Crippen molar-refractivity contribution in [3.63, 3.8) is 0 Å². The van der Waals surface area contributed by atoms with Gasteiger partial charge in [-0.2, -0.15) is 0 Å². The molecule has 0 aliphatic carbocycles. The Morgan fingerprint density at radius 1 is 1.29 bits per heavy atom. The van der Waals surface area contributed by atoms with Crippen LogP contribution in [-0.4, -0.2) is 12.0 Å². The van der Waals surface area contributed by atoms with E-state index >= 15 is 0 Å². The van der Waals surface area contributed by atoms with Gasteiger partial charge in [0.1, 0.15) is 5.82 Å². The minimum Gasteiger partial charge on any atom is -0.370 e. The second-order valence-corrected chi connectivity index (χ2v) is 5.25. The van der Waals surface area contributed by atoms with Crippen LogP contribution in [0.5, 0.6) is 0 Å². The van der Waals surface area contributed by atoms with Gasteiger partial charge in [0.2, 0.25) is 0 Å².